The quantitative estimate of drug-likeness (QED) is 0.372. The van der Waals surface area contributed by atoms with Crippen molar-refractivity contribution in [3.05, 3.63) is 41.4 Å². The normalized spacial score (nSPS) is 11.6. The Kier molecular flexibility index (Phi) is 4.09. The first-order valence-corrected chi connectivity index (χ1v) is 5.14. The van der Waals surface area contributed by atoms with Crippen LogP contribution in [0.2, 0.25) is 0 Å². The Bertz CT molecular complexity index is 470. The molecule has 0 amide bonds. The maximum Gasteiger partial charge on any atom is 0.238 e. The van der Waals surface area contributed by atoms with Crippen LogP contribution in [0.4, 0.5) is 4.39 Å². The van der Waals surface area contributed by atoms with E-state index in [1.54, 1.807) is 6.07 Å². The van der Waals surface area contributed by atoms with Crippen LogP contribution in [-0.4, -0.2) is 10.2 Å². The topological polar surface area (TPSA) is 61.1 Å². The SMILES string of the molecule is C/C(O)=C(\C#N)C(=O)Sc1ccc(F)cc1. The second-order valence-corrected chi connectivity index (χ2v) is 3.96. The van der Waals surface area contributed by atoms with Crippen LogP contribution in [0.15, 0.2) is 40.5 Å². The molecule has 0 heterocycles. The number of nitriles is 1. The van der Waals surface area contributed by atoms with Crippen molar-refractivity contribution < 1.29 is 14.3 Å². The first-order chi connectivity index (χ1) is 7.54. The van der Waals surface area contributed by atoms with E-state index in [0.717, 1.165) is 11.8 Å². The van der Waals surface area contributed by atoms with Crippen molar-refractivity contribution in [2.75, 3.05) is 0 Å². The monoisotopic (exact) mass is 237 g/mol. The summed E-state index contributed by atoms with van der Waals surface area (Å²) < 4.78 is 12.6. The largest absolute Gasteiger partial charge is 0.511 e. The number of thioether (sulfide) groups is 1. The van der Waals surface area contributed by atoms with E-state index in [-0.39, 0.29) is 11.3 Å². The van der Waals surface area contributed by atoms with Crippen molar-refractivity contribution in [3.63, 3.8) is 0 Å². The smallest absolute Gasteiger partial charge is 0.238 e. The zero-order valence-corrected chi connectivity index (χ0v) is 9.21. The summed E-state index contributed by atoms with van der Waals surface area (Å²) in [4.78, 5) is 12.0. The Morgan fingerprint density at radius 1 is 1.44 bits per heavy atom. The van der Waals surface area contributed by atoms with E-state index in [0.29, 0.717) is 4.90 Å². The fourth-order valence-corrected chi connectivity index (χ4v) is 1.72. The number of hydrogen-bond donors (Lipinski definition) is 1. The highest BCUT2D eigenvalue weighted by atomic mass is 32.2. The third-order valence-corrected chi connectivity index (χ3v) is 2.60. The highest BCUT2D eigenvalue weighted by Crippen LogP contribution is 2.23. The Labute approximate surface area is 96.2 Å². The molecule has 3 nitrogen and oxygen atoms in total. The molecule has 5 heteroatoms. The number of carbonyl (C=O) groups is 1. The van der Waals surface area contributed by atoms with Crippen molar-refractivity contribution in [2.45, 2.75) is 11.8 Å². The van der Waals surface area contributed by atoms with Gasteiger partial charge in [0.15, 0.2) is 0 Å². The first-order valence-electron chi connectivity index (χ1n) is 4.32. The molecule has 0 radical (unpaired) electrons. The highest BCUT2D eigenvalue weighted by molar-refractivity contribution is 8.14. The number of halogens is 1. The number of carbonyl (C=O) groups excluding carboxylic acids is 1. The Morgan fingerprint density at radius 3 is 2.44 bits per heavy atom. The average Bonchev–Trinajstić information content (AvgIpc) is 2.22. The predicted molar refractivity (Wildman–Crippen MR) is 58.2 cm³/mol. The summed E-state index contributed by atoms with van der Waals surface area (Å²) in [5.74, 6) is -0.715. The van der Waals surface area contributed by atoms with Crippen molar-refractivity contribution in [1.82, 2.24) is 0 Å². The van der Waals surface area contributed by atoms with Gasteiger partial charge in [-0.05, 0) is 43.0 Å². The van der Waals surface area contributed by atoms with E-state index in [2.05, 4.69) is 0 Å². The number of aliphatic hydroxyl groups excluding tert-OH is 1. The highest BCUT2D eigenvalue weighted by Gasteiger charge is 2.14. The Morgan fingerprint density at radius 2 is 2.00 bits per heavy atom. The van der Waals surface area contributed by atoms with Crippen molar-refractivity contribution in [2.24, 2.45) is 0 Å². The van der Waals surface area contributed by atoms with Crippen molar-refractivity contribution >= 4 is 16.9 Å². The summed E-state index contributed by atoms with van der Waals surface area (Å²) in [5.41, 5.74) is -0.297. The number of allylic oxidation sites excluding steroid dienone is 1. The molecule has 82 valence electrons. The molecule has 0 bridgehead atoms. The number of nitrogens with zero attached hydrogens (tertiary/aromatic N) is 1. The molecular weight excluding hydrogens is 229 g/mol. The van der Waals surface area contributed by atoms with Crippen LogP contribution in [0, 0.1) is 17.1 Å². The van der Waals surface area contributed by atoms with E-state index in [1.807, 2.05) is 0 Å². The zero-order chi connectivity index (χ0) is 12.1. The Hall–Kier alpha value is -1.80. The summed E-state index contributed by atoms with van der Waals surface area (Å²) in [5, 5.41) is 17.1. The van der Waals surface area contributed by atoms with Crippen molar-refractivity contribution in [1.29, 1.82) is 5.26 Å². The van der Waals surface area contributed by atoms with Crippen LogP contribution in [0.3, 0.4) is 0 Å². The fourth-order valence-electron chi connectivity index (χ4n) is 0.935. The maximum absolute atomic E-state index is 12.6. The van der Waals surface area contributed by atoms with Gasteiger partial charge in [0, 0.05) is 4.90 Å². The molecule has 0 unspecified atom stereocenters. The summed E-state index contributed by atoms with van der Waals surface area (Å²) >= 11 is 0.767. The van der Waals surface area contributed by atoms with Gasteiger partial charge in [0.05, 0.1) is 0 Å². The van der Waals surface area contributed by atoms with Crippen LogP contribution in [0.1, 0.15) is 6.92 Å². The lowest BCUT2D eigenvalue weighted by molar-refractivity contribution is -0.107. The van der Waals surface area contributed by atoms with Gasteiger partial charge in [-0.15, -0.1) is 0 Å². The van der Waals surface area contributed by atoms with E-state index in [1.165, 1.54) is 31.2 Å². The van der Waals surface area contributed by atoms with Crippen LogP contribution < -0.4 is 0 Å². The van der Waals surface area contributed by atoms with Crippen molar-refractivity contribution in [3.8, 4) is 6.07 Å². The van der Waals surface area contributed by atoms with Gasteiger partial charge in [-0.2, -0.15) is 5.26 Å². The minimum absolute atomic E-state index is 0.297. The summed E-state index contributed by atoms with van der Waals surface area (Å²) in [7, 11) is 0. The van der Waals surface area contributed by atoms with Gasteiger partial charge >= 0.3 is 0 Å². The van der Waals surface area contributed by atoms with Gasteiger partial charge in [0.1, 0.15) is 23.2 Å². The van der Waals surface area contributed by atoms with E-state index < -0.39 is 10.9 Å². The van der Waals surface area contributed by atoms with Gasteiger partial charge in [-0.25, -0.2) is 4.39 Å². The number of hydrogen-bond acceptors (Lipinski definition) is 4. The molecular formula is C11H8FNO2S. The van der Waals surface area contributed by atoms with E-state index in [9.17, 15) is 9.18 Å². The van der Waals surface area contributed by atoms with Gasteiger partial charge in [-0.3, -0.25) is 4.79 Å². The molecule has 0 aliphatic carbocycles. The summed E-state index contributed by atoms with van der Waals surface area (Å²) in [6, 6.07) is 6.92. The molecule has 1 aromatic rings. The van der Waals surface area contributed by atoms with Crippen LogP contribution in [-0.2, 0) is 4.79 Å². The summed E-state index contributed by atoms with van der Waals surface area (Å²) in [6.45, 7) is 1.27. The van der Waals surface area contributed by atoms with Crippen LogP contribution >= 0.6 is 11.8 Å². The molecule has 0 aliphatic heterocycles. The Balaban J connectivity index is 2.84. The van der Waals surface area contributed by atoms with E-state index >= 15 is 0 Å². The average molecular weight is 237 g/mol. The second kappa shape index (κ2) is 5.33. The molecule has 0 spiro atoms. The lowest BCUT2D eigenvalue weighted by Crippen LogP contribution is -1.98. The lowest BCUT2D eigenvalue weighted by Gasteiger charge is -2.00. The molecule has 0 aromatic heterocycles. The third kappa shape index (κ3) is 3.11. The minimum atomic E-state index is -0.561. The molecule has 1 rings (SSSR count). The third-order valence-electron chi connectivity index (χ3n) is 1.70. The minimum Gasteiger partial charge on any atom is -0.511 e. The van der Waals surface area contributed by atoms with Gasteiger partial charge in [0.2, 0.25) is 5.12 Å². The molecule has 0 saturated heterocycles. The number of aliphatic hydroxyl groups is 1. The van der Waals surface area contributed by atoms with Gasteiger partial charge < -0.3 is 5.11 Å². The number of rotatable bonds is 2. The predicted octanol–water partition coefficient (Wildman–Crippen LogP) is 2.80. The fraction of sp³-hybridized carbons (Fsp3) is 0.0909. The number of benzene rings is 1. The molecule has 1 N–H and O–H groups in total. The molecule has 0 fully saturated rings. The lowest BCUT2D eigenvalue weighted by atomic mass is 10.3. The molecule has 1 aromatic carbocycles. The molecule has 0 aliphatic rings. The molecule has 0 saturated carbocycles. The van der Waals surface area contributed by atoms with E-state index in [4.69, 9.17) is 10.4 Å². The van der Waals surface area contributed by atoms with Gasteiger partial charge in [0.25, 0.3) is 0 Å². The van der Waals surface area contributed by atoms with Gasteiger partial charge in [-0.1, -0.05) is 0 Å². The second-order valence-electron chi connectivity index (χ2n) is 2.92. The van der Waals surface area contributed by atoms with Crippen LogP contribution in [0.25, 0.3) is 0 Å². The maximum atomic E-state index is 12.6. The van der Waals surface area contributed by atoms with Crippen LogP contribution in [0.5, 0.6) is 0 Å². The molecule has 16 heavy (non-hydrogen) atoms. The first kappa shape index (κ1) is 12.3. The standard InChI is InChI=1S/C11H8FNO2S/c1-7(14)10(6-13)11(15)16-9-4-2-8(12)3-5-9/h2-5,14H,1H3/b10-7-. The zero-order valence-electron chi connectivity index (χ0n) is 8.40. The molecule has 0 atom stereocenters. The summed E-state index contributed by atoms with van der Waals surface area (Å²) in [6.07, 6.45) is 0.